The summed E-state index contributed by atoms with van der Waals surface area (Å²) in [5, 5.41) is 3.63. The molecule has 2 N–H and O–H groups in total. The van der Waals surface area contributed by atoms with Crippen LogP contribution in [0.3, 0.4) is 0 Å². The first-order chi connectivity index (χ1) is 9.70. The number of hydrogen-bond donors (Lipinski definition) is 2. The van der Waals surface area contributed by atoms with Crippen molar-refractivity contribution in [2.75, 3.05) is 6.54 Å². The number of fused-ring (bicyclic) bond motifs is 3. The molecule has 0 aromatic heterocycles. The molecule has 1 aliphatic heterocycles. The second-order valence-electron chi connectivity index (χ2n) is 5.13. The van der Waals surface area contributed by atoms with Gasteiger partial charge in [-0.2, -0.15) is 21.6 Å². The number of halogens is 3. The van der Waals surface area contributed by atoms with E-state index in [1.54, 1.807) is 11.1 Å². The van der Waals surface area contributed by atoms with Crippen molar-refractivity contribution in [3.05, 3.63) is 35.4 Å². The van der Waals surface area contributed by atoms with Gasteiger partial charge in [0.25, 0.3) is 0 Å². The summed E-state index contributed by atoms with van der Waals surface area (Å²) in [5.41, 5.74) is -2.35. The third-order valence-corrected chi connectivity index (χ3v) is 4.36. The van der Waals surface area contributed by atoms with Crippen molar-refractivity contribution in [2.45, 2.75) is 36.7 Å². The van der Waals surface area contributed by atoms with Gasteiger partial charge in [0.2, 0.25) is 0 Å². The second kappa shape index (κ2) is 5.94. The van der Waals surface area contributed by atoms with Crippen molar-refractivity contribution in [3.63, 3.8) is 0 Å². The Kier molecular flexibility index (Phi) is 4.60. The lowest BCUT2D eigenvalue weighted by Crippen LogP contribution is -2.37. The van der Waals surface area contributed by atoms with E-state index in [0.29, 0.717) is 0 Å². The van der Waals surface area contributed by atoms with E-state index in [1.807, 2.05) is 0 Å². The molecule has 0 spiro atoms. The number of rotatable bonds is 0. The molecule has 2 aliphatic rings. The van der Waals surface area contributed by atoms with Crippen LogP contribution in [0.5, 0.6) is 0 Å². The molecule has 3 rings (SSSR count). The molecular formula is C13H16F3NO3S. The van der Waals surface area contributed by atoms with Gasteiger partial charge in [-0.05, 0) is 42.9 Å². The third-order valence-electron chi connectivity index (χ3n) is 3.77. The van der Waals surface area contributed by atoms with Crippen molar-refractivity contribution in [1.82, 2.24) is 5.32 Å². The topological polar surface area (TPSA) is 66.4 Å². The van der Waals surface area contributed by atoms with Gasteiger partial charge in [-0.1, -0.05) is 24.3 Å². The van der Waals surface area contributed by atoms with E-state index in [4.69, 9.17) is 13.0 Å². The zero-order valence-electron chi connectivity index (χ0n) is 11.1. The van der Waals surface area contributed by atoms with Gasteiger partial charge < -0.3 is 5.32 Å². The summed E-state index contributed by atoms with van der Waals surface area (Å²) in [4.78, 5) is 0. The predicted octanol–water partition coefficient (Wildman–Crippen LogP) is 2.47. The normalized spacial score (nSPS) is 24.6. The van der Waals surface area contributed by atoms with E-state index < -0.39 is 15.6 Å². The lowest BCUT2D eigenvalue weighted by atomic mass is 9.90. The zero-order valence-corrected chi connectivity index (χ0v) is 11.9. The molecule has 0 radical (unpaired) electrons. The molecule has 0 amide bonds. The molecule has 4 nitrogen and oxygen atoms in total. The van der Waals surface area contributed by atoms with Crippen LogP contribution in [0.15, 0.2) is 24.3 Å². The van der Waals surface area contributed by atoms with Crippen LogP contribution in [0.1, 0.15) is 29.9 Å². The van der Waals surface area contributed by atoms with Crippen LogP contribution >= 0.6 is 0 Å². The van der Waals surface area contributed by atoms with E-state index in [2.05, 4.69) is 29.6 Å². The number of nitrogens with one attached hydrogen (secondary N) is 1. The lowest BCUT2D eigenvalue weighted by molar-refractivity contribution is -0.0510. The van der Waals surface area contributed by atoms with E-state index in [1.165, 1.54) is 25.8 Å². The summed E-state index contributed by atoms with van der Waals surface area (Å²) in [7, 11) is -5.84. The summed E-state index contributed by atoms with van der Waals surface area (Å²) in [6, 6.07) is 9.68. The maximum atomic E-state index is 10.7. The van der Waals surface area contributed by atoms with Crippen LogP contribution in [0, 0.1) is 0 Å². The Morgan fingerprint density at radius 2 is 1.86 bits per heavy atom. The maximum absolute atomic E-state index is 10.7. The van der Waals surface area contributed by atoms with Crippen LogP contribution < -0.4 is 5.32 Å². The van der Waals surface area contributed by atoms with E-state index in [0.717, 1.165) is 12.0 Å². The van der Waals surface area contributed by atoms with Crippen molar-refractivity contribution >= 4 is 10.1 Å². The number of hydrogen-bond acceptors (Lipinski definition) is 3. The molecule has 1 aliphatic carbocycles. The van der Waals surface area contributed by atoms with Gasteiger partial charge in [-0.15, -0.1) is 0 Å². The Hall–Kier alpha value is -1.12. The first-order valence-corrected chi connectivity index (χ1v) is 7.99. The van der Waals surface area contributed by atoms with Crippen molar-refractivity contribution in [3.8, 4) is 0 Å². The molecule has 1 aromatic rings. The molecule has 1 heterocycles. The molecule has 1 fully saturated rings. The Morgan fingerprint density at radius 1 is 1.24 bits per heavy atom. The van der Waals surface area contributed by atoms with Crippen LogP contribution in [0.4, 0.5) is 13.2 Å². The van der Waals surface area contributed by atoms with Gasteiger partial charge >= 0.3 is 15.6 Å². The first-order valence-electron chi connectivity index (χ1n) is 6.55. The minimum absolute atomic E-state index is 0.742. The number of benzene rings is 1. The quantitative estimate of drug-likeness (QED) is 0.569. The molecule has 118 valence electrons. The van der Waals surface area contributed by atoms with Gasteiger partial charge in [0.15, 0.2) is 0 Å². The Balaban J connectivity index is 0.000000177. The summed E-state index contributed by atoms with van der Waals surface area (Å²) in [6.45, 7) is 1.22. The Labute approximate surface area is 121 Å². The lowest BCUT2D eigenvalue weighted by Gasteiger charge is -2.26. The van der Waals surface area contributed by atoms with Crippen LogP contribution in [0.25, 0.3) is 0 Å². The average Bonchev–Trinajstić information content (AvgIpc) is 2.75. The van der Waals surface area contributed by atoms with Gasteiger partial charge in [-0.3, -0.25) is 4.55 Å². The van der Waals surface area contributed by atoms with Gasteiger partial charge in [0, 0.05) is 6.04 Å². The first kappa shape index (κ1) is 16.3. The van der Waals surface area contributed by atoms with Crippen LogP contribution in [-0.2, 0) is 16.5 Å². The van der Waals surface area contributed by atoms with Crippen molar-refractivity contribution in [2.24, 2.45) is 0 Å². The predicted molar refractivity (Wildman–Crippen MR) is 71.5 cm³/mol. The standard InChI is InChI=1S/C12H15N.CHF3O3S/c1-2-5-10-9(4-1)8-12-11(10)6-3-7-13-12;2-1(3,4)8(5,6)7/h1-2,4-5,11-13H,3,6-8H2;(H,5,6,7). The van der Waals surface area contributed by atoms with E-state index in [9.17, 15) is 13.2 Å². The smallest absolute Gasteiger partial charge is 0.313 e. The van der Waals surface area contributed by atoms with Crippen molar-refractivity contribution < 1.29 is 26.1 Å². The highest BCUT2D eigenvalue weighted by molar-refractivity contribution is 7.86. The van der Waals surface area contributed by atoms with Gasteiger partial charge in [0.1, 0.15) is 0 Å². The highest BCUT2D eigenvalue weighted by Crippen LogP contribution is 2.38. The molecule has 1 aromatic carbocycles. The SMILES string of the molecule is O=S(=O)(O)C(F)(F)F.c1ccc2c(c1)CC1NCCCC21. The fourth-order valence-electron chi connectivity index (χ4n) is 2.86. The largest absolute Gasteiger partial charge is 0.522 e. The molecule has 2 atom stereocenters. The Morgan fingerprint density at radius 3 is 2.48 bits per heavy atom. The molecule has 0 saturated carbocycles. The average molecular weight is 323 g/mol. The minimum Gasteiger partial charge on any atom is -0.313 e. The highest BCUT2D eigenvalue weighted by Gasteiger charge is 2.44. The summed E-state index contributed by atoms with van der Waals surface area (Å²) < 4.78 is 57.5. The molecular weight excluding hydrogens is 307 g/mol. The molecule has 1 saturated heterocycles. The third kappa shape index (κ3) is 3.75. The fraction of sp³-hybridized carbons (Fsp3) is 0.538. The second-order valence-corrected chi connectivity index (χ2v) is 6.55. The maximum Gasteiger partial charge on any atom is 0.522 e. The summed E-state index contributed by atoms with van der Waals surface area (Å²) >= 11 is 0. The van der Waals surface area contributed by atoms with Crippen LogP contribution in [0.2, 0.25) is 0 Å². The number of piperidine rings is 1. The summed E-state index contributed by atoms with van der Waals surface area (Å²) in [6.07, 6.45) is 3.98. The van der Waals surface area contributed by atoms with E-state index in [-0.39, 0.29) is 0 Å². The van der Waals surface area contributed by atoms with Crippen molar-refractivity contribution in [1.29, 1.82) is 0 Å². The highest BCUT2D eigenvalue weighted by atomic mass is 32.2. The fourth-order valence-corrected chi connectivity index (χ4v) is 2.86. The van der Waals surface area contributed by atoms with Gasteiger partial charge in [0.05, 0.1) is 0 Å². The van der Waals surface area contributed by atoms with E-state index >= 15 is 0 Å². The Bertz CT molecular complexity index is 601. The molecule has 0 bridgehead atoms. The minimum atomic E-state index is -5.84. The number of alkyl halides is 3. The summed E-state index contributed by atoms with van der Waals surface area (Å²) in [5.74, 6) is 0.810. The van der Waals surface area contributed by atoms with Gasteiger partial charge in [-0.25, -0.2) is 0 Å². The van der Waals surface area contributed by atoms with Crippen LogP contribution in [-0.4, -0.2) is 31.1 Å². The molecule has 21 heavy (non-hydrogen) atoms. The molecule has 2 unspecified atom stereocenters. The zero-order chi connectivity index (χ0) is 15.7. The monoisotopic (exact) mass is 323 g/mol. The molecule has 8 heteroatoms.